The molecule has 1 N–H and O–H groups in total. The van der Waals surface area contributed by atoms with Crippen LogP contribution in [0.2, 0.25) is 0 Å². The van der Waals surface area contributed by atoms with Crippen molar-refractivity contribution in [3.8, 4) is 0 Å². The van der Waals surface area contributed by atoms with Crippen molar-refractivity contribution in [2.24, 2.45) is 17.3 Å². The molecule has 0 aromatic heterocycles. The average molecular weight is 795 g/mol. The Hall–Kier alpha value is -2.72. The molecule has 2 unspecified atom stereocenters. The topological polar surface area (TPSA) is 86.7 Å². The van der Waals surface area contributed by atoms with Crippen LogP contribution in [0.15, 0.2) is 99.6 Å². The Morgan fingerprint density at radius 2 is 1.19 bits per heavy atom. The first-order valence-electron chi connectivity index (χ1n) is 17.1. The van der Waals surface area contributed by atoms with Gasteiger partial charge in [0.2, 0.25) is 0 Å². The zero-order chi connectivity index (χ0) is 39.3. The van der Waals surface area contributed by atoms with Crippen LogP contribution in [0.3, 0.4) is 0 Å². The number of hydrogen-bond acceptors (Lipinski definition) is 5. The third-order valence-corrected chi connectivity index (χ3v) is 13.5. The molecule has 4 bridgehead atoms. The predicted octanol–water partition coefficient (Wildman–Crippen LogP) is 10.2. The normalized spacial score (nSPS) is 24.9. The van der Waals surface area contributed by atoms with Gasteiger partial charge in [-0.25, -0.2) is 13.2 Å². The van der Waals surface area contributed by atoms with Gasteiger partial charge in [0.25, 0.3) is 0 Å². The van der Waals surface area contributed by atoms with Crippen LogP contribution in [-0.4, -0.2) is 47.1 Å². The van der Waals surface area contributed by atoms with Crippen LogP contribution < -0.4 is 0 Å². The quantitative estimate of drug-likeness (QED) is 0.119. The van der Waals surface area contributed by atoms with Crippen LogP contribution in [-0.2, 0) is 31.2 Å². The molecule has 5 nitrogen and oxygen atoms in total. The summed E-state index contributed by atoms with van der Waals surface area (Å²) in [6.45, 7) is 6.78. The number of hydrogen-bond donors (Lipinski definition) is 1. The van der Waals surface area contributed by atoms with E-state index in [0.717, 1.165) is 6.42 Å². The summed E-state index contributed by atoms with van der Waals surface area (Å²) < 4.78 is 141. The van der Waals surface area contributed by atoms with E-state index in [1.54, 1.807) is 0 Å². The molecule has 0 spiro atoms. The largest absolute Gasteiger partial charge is 0.743 e. The van der Waals surface area contributed by atoms with Gasteiger partial charge in [-0.05, 0) is 110 Å². The standard InChI is InChI=1S/C22H23S.C16H20F8O5S/c1-22(2,3)18-14-16-21(17-15-18)23(19-10-6-4-7-11-19)20-12-8-5-9-13-20;17-13(18,14(19,20)29-15(21,22)16(23,24)30(26,27)28)2-1-11-4-9-3-10(5-11)7-12(25,6-9)8-11/h4-17H,1-3H3;9-10,25H,1-8H2,(H,26,27,28)/q+1;/p-1. The van der Waals surface area contributed by atoms with Crippen molar-refractivity contribution in [3.05, 3.63) is 90.5 Å². The van der Waals surface area contributed by atoms with Gasteiger partial charge >= 0.3 is 23.4 Å². The Kier molecular flexibility index (Phi) is 11.3. The lowest BCUT2D eigenvalue weighted by molar-refractivity contribution is -0.457. The SMILES string of the molecule is CC(C)(C)c1ccc([S+](c2ccccc2)c2ccccc2)cc1.O=S(=O)([O-])C(F)(F)C(F)(F)OC(F)(F)C(F)(F)CCC12CC3CC(CC(O)(C3)C1)C2. The van der Waals surface area contributed by atoms with Crippen molar-refractivity contribution in [3.63, 3.8) is 0 Å². The second-order valence-electron chi connectivity index (χ2n) is 15.7. The molecule has 0 aliphatic heterocycles. The highest BCUT2D eigenvalue weighted by molar-refractivity contribution is 7.97. The highest BCUT2D eigenvalue weighted by Gasteiger charge is 2.72. The van der Waals surface area contributed by atoms with Crippen molar-refractivity contribution >= 4 is 21.0 Å². The summed E-state index contributed by atoms with van der Waals surface area (Å²) in [5, 5.41) is 3.85. The molecule has 15 heteroatoms. The van der Waals surface area contributed by atoms with E-state index in [1.807, 2.05) is 0 Å². The van der Waals surface area contributed by atoms with Crippen molar-refractivity contribution < 1.29 is 57.9 Å². The van der Waals surface area contributed by atoms with Crippen LogP contribution in [0.4, 0.5) is 35.1 Å². The summed E-state index contributed by atoms with van der Waals surface area (Å²) in [6, 6.07) is 30.7. The molecule has 7 rings (SSSR count). The van der Waals surface area contributed by atoms with E-state index >= 15 is 0 Å². The van der Waals surface area contributed by atoms with Crippen LogP contribution in [0.25, 0.3) is 0 Å². The van der Waals surface area contributed by atoms with Gasteiger partial charge in [0, 0.05) is 6.42 Å². The van der Waals surface area contributed by atoms with E-state index in [4.69, 9.17) is 0 Å². The van der Waals surface area contributed by atoms with E-state index < -0.39 is 57.4 Å². The van der Waals surface area contributed by atoms with E-state index in [1.165, 1.54) is 20.2 Å². The van der Waals surface area contributed by atoms with Gasteiger partial charge in [-0.2, -0.15) is 35.1 Å². The fourth-order valence-electron chi connectivity index (χ4n) is 8.32. The highest BCUT2D eigenvalue weighted by Crippen LogP contribution is 2.64. The summed E-state index contributed by atoms with van der Waals surface area (Å²) >= 11 is 0. The van der Waals surface area contributed by atoms with Crippen molar-refractivity contribution in [1.29, 1.82) is 0 Å². The molecular formula is C38H42F8O5S2. The monoisotopic (exact) mass is 794 g/mol. The first-order valence-corrected chi connectivity index (χ1v) is 19.8. The third-order valence-electron chi connectivity index (χ3n) is 10.4. The maximum Gasteiger partial charge on any atom is 0.438 e. The van der Waals surface area contributed by atoms with E-state index in [0.29, 0.717) is 25.7 Å². The molecule has 4 aliphatic carbocycles. The molecule has 3 aromatic carbocycles. The first kappa shape index (κ1) is 41.4. The Morgan fingerprint density at radius 1 is 0.736 bits per heavy atom. The minimum Gasteiger partial charge on any atom is -0.743 e. The summed E-state index contributed by atoms with van der Waals surface area (Å²) in [6.07, 6.45) is -12.7. The van der Waals surface area contributed by atoms with E-state index in [9.17, 15) is 53.2 Å². The minimum atomic E-state index is -7.19. The van der Waals surface area contributed by atoms with Crippen molar-refractivity contribution in [2.45, 2.75) is 121 Å². The molecule has 0 amide bonds. The van der Waals surface area contributed by atoms with Gasteiger partial charge in [0.15, 0.2) is 24.8 Å². The summed E-state index contributed by atoms with van der Waals surface area (Å²) in [5.41, 5.74) is -0.443. The lowest BCUT2D eigenvalue weighted by Crippen LogP contribution is -2.57. The van der Waals surface area contributed by atoms with Crippen molar-refractivity contribution in [2.75, 3.05) is 0 Å². The van der Waals surface area contributed by atoms with Gasteiger partial charge in [0.05, 0.1) is 16.5 Å². The highest BCUT2D eigenvalue weighted by atomic mass is 32.2. The zero-order valence-electron chi connectivity index (χ0n) is 29.3. The average Bonchev–Trinajstić information content (AvgIpc) is 3.03. The molecular weight excluding hydrogens is 753 g/mol. The van der Waals surface area contributed by atoms with Gasteiger partial charge in [-0.3, -0.25) is 0 Å². The fraction of sp³-hybridized carbons (Fsp3) is 0.526. The number of benzene rings is 3. The molecule has 4 fully saturated rings. The number of ether oxygens (including phenoxy) is 1. The summed E-state index contributed by atoms with van der Waals surface area (Å²) in [5.74, 6) is -5.33. The Balaban J connectivity index is 0.000000211. The molecule has 4 aliphatic rings. The second kappa shape index (κ2) is 14.4. The molecule has 4 saturated carbocycles. The zero-order valence-corrected chi connectivity index (χ0v) is 30.9. The maximum absolute atomic E-state index is 14.1. The van der Waals surface area contributed by atoms with Crippen LogP contribution in [0, 0.1) is 17.3 Å². The van der Waals surface area contributed by atoms with E-state index in [-0.39, 0.29) is 34.6 Å². The third kappa shape index (κ3) is 8.90. The minimum absolute atomic E-state index is 0.0203. The summed E-state index contributed by atoms with van der Waals surface area (Å²) in [7, 11) is -7.24. The van der Waals surface area contributed by atoms with Crippen LogP contribution in [0.1, 0.15) is 77.7 Å². The number of halogens is 8. The maximum atomic E-state index is 14.1. The molecule has 0 saturated heterocycles. The number of rotatable bonds is 11. The molecule has 3 aromatic rings. The van der Waals surface area contributed by atoms with Crippen molar-refractivity contribution in [1.82, 2.24) is 0 Å². The van der Waals surface area contributed by atoms with E-state index in [2.05, 4.69) is 110 Å². The summed E-state index contributed by atoms with van der Waals surface area (Å²) in [4.78, 5) is 4.10. The Labute approximate surface area is 307 Å². The Bertz CT molecular complexity index is 1760. The predicted molar refractivity (Wildman–Crippen MR) is 182 cm³/mol. The molecule has 0 heterocycles. The lowest BCUT2D eigenvalue weighted by Gasteiger charge is -2.60. The van der Waals surface area contributed by atoms with Gasteiger partial charge < -0.3 is 9.66 Å². The smallest absolute Gasteiger partial charge is 0.438 e. The second-order valence-corrected chi connectivity index (χ2v) is 19.2. The molecule has 2 atom stereocenters. The Morgan fingerprint density at radius 3 is 1.60 bits per heavy atom. The first-order chi connectivity index (χ1) is 24.3. The molecule has 292 valence electrons. The van der Waals surface area contributed by atoms with Crippen LogP contribution in [0.5, 0.6) is 0 Å². The lowest BCUT2D eigenvalue weighted by atomic mass is 9.47. The van der Waals surface area contributed by atoms with Crippen LogP contribution >= 0.6 is 0 Å². The number of aliphatic hydroxyl groups is 1. The molecule has 0 radical (unpaired) electrons. The number of alkyl halides is 8. The van der Waals surface area contributed by atoms with Gasteiger partial charge in [-0.1, -0.05) is 69.3 Å². The van der Waals surface area contributed by atoms with Gasteiger partial charge in [-0.15, -0.1) is 0 Å². The van der Waals surface area contributed by atoms with Gasteiger partial charge in [0.1, 0.15) is 0 Å². The fourth-order valence-corrected chi connectivity index (χ4v) is 10.7. The molecule has 53 heavy (non-hydrogen) atoms.